The van der Waals surface area contributed by atoms with Gasteiger partial charge >= 0.3 is 0 Å². The maximum atomic E-state index is 11.8. The Morgan fingerprint density at radius 1 is 1.32 bits per heavy atom. The van der Waals surface area contributed by atoms with Crippen LogP contribution in [0, 0.1) is 0 Å². The van der Waals surface area contributed by atoms with Gasteiger partial charge in [-0.2, -0.15) is 0 Å². The highest BCUT2D eigenvalue weighted by molar-refractivity contribution is 6.05. The molecule has 0 spiro atoms. The third-order valence-electron chi connectivity index (χ3n) is 3.20. The van der Waals surface area contributed by atoms with E-state index in [1.54, 1.807) is 24.3 Å². The SMILES string of the molecule is NC1CCCN(CC(=O)NC(=O)c2ccccc2)C1. The summed E-state index contributed by atoms with van der Waals surface area (Å²) in [6, 6.07) is 8.85. The van der Waals surface area contributed by atoms with Crippen molar-refractivity contribution >= 4 is 11.8 Å². The van der Waals surface area contributed by atoms with E-state index in [-0.39, 0.29) is 24.4 Å². The lowest BCUT2D eigenvalue weighted by atomic mass is 10.1. The van der Waals surface area contributed by atoms with Gasteiger partial charge in [0.1, 0.15) is 0 Å². The first-order valence-electron chi connectivity index (χ1n) is 6.52. The smallest absolute Gasteiger partial charge is 0.257 e. The number of likely N-dealkylation sites (tertiary alicyclic amines) is 1. The van der Waals surface area contributed by atoms with E-state index in [1.165, 1.54) is 0 Å². The highest BCUT2D eigenvalue weighted by Gasteiger charge is 2.19. The van der Waals surface area contributed by atoms with Gasteiger partial charge in [0.15, 0.2) is 0 Å². The van der Waals surface area contributed by atoms with E-state index in [0.29, 0.717) is 12.1 Å². The Hall–Kier alpha value is -1.72. The molecule has 1 saturated heterocycles. The Morgan fingerprint density at radius 2 is 2.05 bits per heavy atom. The van der Waals surface area contributed by atoms with Crippen molar-refractivity contribution in [3.8, 4) is 0 Å². The van der Waals surface area contributed by atoms with Crippen LogP contribution in [0.4, 0.5) is 0 Å². The molecule has 19 heavy (non-hydrogen) atoms. The van der Waals surface area contributed by atoms with Crippen LogP contribution in [0.5, 0.6) is 0 Å². The summed E-state index contributed by atoms with van der Waals surface area (Å²) in [7, 11) is 0. The number of imide groups is 1. The summed E-state index contributed by atoms with van der Waals surface area (Å²) in [5.41, 5.74) is 6.34. The van der Waals surface area contributed by atoms with Crippen molar-refractivity contribution in [1.82, 2.24) is 10.2 Å². The number of amides is 2. The summed E-state index contributed by atoms with van der Waals surface area (Å²) in [5.74, 6) is -0.630. The molecule has 2 rings (SSSR count). The van der Waals surface area contributed by atoms with Crippen molar-refractivity contribution in [3.05, 3.63) is 35.9 Å². The second-order valence-corrected chi connectivity index (χ2v) is 4.88. The molecule has 0 bridgehead atoms. The number of carbonyl (C=O) groups is 2. The van der Waals surface area contributed by atoms with Crippen molar-refractivity contribution in [2.24, 2.45) is 5.73 Å². The molecule has 0 saturated carbocycles. The molecule has 1 aromatic carbocycles. The molecular formula is C14H19N3O2. The zero-order valence-corrected chi connectivity index (χ0v) is 10.8. The van der Waals surface area contributed by atoms with Crippen molar-refractivity contribution in [2.45, 2.75) is 18.9 Å². The zero-order chi connectivity index (χ0) is 13.7. The van der Waals surface area contributed by atoms with E-state index < -0.39 is 0 Å². The minimum atomic E-state index is -0.355. The summed E-state index contributed by atoms with van der Waals surface area (Å²) in [4.78, 5) is 25.6. The molecule has 5 nitrogen and oxygen atoms in total. The molecule has 0 aromatic heterocycles. The fourth-order valence-electron chi connectivity index (χ4n) is 2.27. The van der Waals surface area contributed by atoms with Crippen molar-refractivity contribution < 1.29 is 9.59 Å². The summed E-state index contributed by atoms with van der Waals surface area (Å²) in [5, 5.41) is 2.40. The number of nitrogens with one attached hydrogen (secondary N) is 1. The van der Waals surface area contributed by atoms with Gasteiger partial charge in [-0.15, -0.1) is 0 Å². The predicted molar refractivity (Wildman–Crippen MR) is 72.6 cm³/mol. The van der Waals surface area contributed by atoms with Gasteiger partial charge in [-0.05, 0) is 31.5 Å². The quantitative estimate of drug-likeness (QED) is 0.824. The van der Waals surface area contributed by atoms with Gasteiger partial charge in [-0.25, -0.2) is 0 Å². The molecule has 0 radical (unpaired) electrons. The zero-order valence-electron chi connectivity index (χ0n) is 10.8. The summed E-state index contributed by atoms with van der Waals surface area (Å²) >= 11 is 0. The number of hydrogen-bond acceptors (Lipinski definition) is 4. The average Bonchev–Trinajstić information content (AvgIpc) is 2.39. The second-order valence-electron chi connectivity index (χ2n) is 4.88. The van der Waals surface area contributed by atoms with Crippen LogP contribution in [-0.2, 0) is 4.79 Å². The Kier molecular flexibility index (Phi) is 4.65. The number of hydrogen-bond donors (Lipinski definition) is 2. The van der Waals surface area contributed by atoms with E-state index in [9.17, 15) is 9.59 Å². The fraction of sp³-hybridized carbons (Fsp3) is 0.429. The van der Waals surface area contributed by atoms with E-state index in [1.807, 2.05) is 11.0 Å². The van der Waals surface area contributed by atoms with E-state index in [0.717, 1.165) is 19.4 Å². The van der Waals surface area contributed by atoms with Crippen molar-refractivity contribution in [3.63, 3.8) is 0 Å². The molecule has 0 aliphatic carbocycles. The maximum Gasteiger partial charge on any atom is 0.257 e. The van der Waals surface area contributed by atoms with Crippen LogP contribution in [0.3, 0.4) is 0 Å². The number of rotatable bonds is 3. The second kappa shape index (κ2) is 6.45. The number of nitrogens with two attached hydrogens (primary N) is 1. The molecule has 1 unspecified atom stereocenters. The fourth-order valence-corrected chi connectivity index (χ4v) is 2.27. The number of piperidine rings is 1. The van der Waals surface area contributed by atoms with Crippen LogP contribution in [0.15, 0.2) is 30.3 Å². The molecule has 1 atom stereocenters. The largest absolute Gasteiger partial charge is 0.327 e. The maximum absolute atomic E-state index is 11.8. The van der Waals surface area contributed by atoms with Gasteiger partial charge in [0.05, 0.1) is 6.54 Å². The first-order valence-corrected chi connectivity index (χ1v) is 6.52. The van der Waals surface area contributed by atoms with Gasteiger partial charge in [0, 0.05) is 18.2 Å². The normalized spacial score (nSPS) is 19.9. The number of carbonyl (C=O) groups excluding carboxylic acids is 2. The van der Waals surface area contributed by atoms with Crippen LogP contribution in [0.1, 0.15) is 23.2 Å². The molecule has 3 N–H and O–H groups in total. The highest BCUT2D eigenvalue weighted by atomic mass is 16.2. The van der Waals surface area contributed by atoms with Crippen LogP contribution in [0.25, 0.3) is 0 Å². The molecule has 1 aromatic rings. The van der Waals surface area contributed by atoms with Crippen LogP contribution < -0.4 is 11.1 Å². The summed E-state index contributed by atoms with van der Waals surface area (Å²) in [6.07, 6.45) is 2.00. The first-order chi connectivity index (χ1) is 9.15. The monoisotopic (exact) mass is 261 g/mol. The molecular weight excluding hydrogens is 242 g/mol. The van der Waals surface area contributed by atoms with Gasteiger partial charge in [-0.3, -0.25) is 19.8 Å². The lowest BCUT2D eigenvalue weighted by molar-refractivity contribution is -0.121. The molecule has 1 heterocycles. The molecule has 1 aliphatic rings. The lowest BCUT2D eigenvalue weighted by Crippen LogP contribution is -2.47. The molecule has 102 valence electrons. The highest BCUT2D eigenvalue weighted by Crippen LogP contribution is 2.07. The number of benzene rings is 1. The summed E-state index contributed by atoms with van der Waals surface area (Å²) in [6.45, 7) is 1.81. The van der Waals surface area contributed by atoms with Gasteiger partial charge in [0.25, 0.3) is 5.91 Å². The Balaban J connectivity index is 1.82. The Morgan fingerprint density at radius 3 is 2.74 bits per heavy atom. The number of nitrogens with zero attached hydrogens (tertiary/aromatic N) is 1. The van der Waals surface area contributed by atoms with Crippen LogP contribution >= 0.6 is 0 Å². The molecule has 5 heteroatoms. The van der Waals surface area contributed by atoms with Gasteiger partial charge < -0.3 is 5.73 Å². The Labute approximate surface area is 112 Å². The first kappa shape index (κ1) is 13.7. The molecule has 1 fully saturated rings. The van der Waals surface area contributed by atoms with Gasteiger partial charge in [0.2, 0.25) is 5.91 Å². The third kappa shape index (κ3) is 4.15. The van der Waals surface area contributed by atoms with Gasteiger partial charge in [-0.1, -0.05) is 18.2 Å². The van der Waals surface area contributed by atoms with Crippen LogP contribution in [0.2, 0.25) is 0 Å². The van der Waals surface area contributed by atoms with Crippen LogP contribution in [-0.4, -0.2) is 42.4 Å². The minimum absolute atomic E-state index is 0.131. The van der Waals surface area contributed by atoms with E-state index in [4.69, 9.17) is 5.73 Å². The van der Waals surface area contributed by atoms with Crippen molar-refractivity contribution in [2.75, 3.05) is 19.6 Å². The third-order valence-corrected chi connectivity index (χ3v) is 3.20. The lowest BCUT2D eigenvalue weighted by Gasteiger charge is -2.29. The van der Waals surface area contributed by atoms with E-state index >= 15 is 0 Å². The van der Waals surface area contributed by atoms with Crippen molar-refractivity contribution in [1.29, 1.82) is 0 Å². The van der Waals surface area contributed by atoms with E-state index in [2.05, 4.69) is 5.32 Å². The standard InChI is InChI=1S/C14H19N3O2/c15-12-7-4-8-17(9-12)10-13(18)16-14(19)11-5-2-1-3-6-11/h1-3,5-6,12H,4,7-10,15H2,(H,16,18,19). The average molecular weight is 261 g/mol. The predicted octanol–water partition coefficient (Wildman–Crippen LogP) is 0.366. The summed E-state index contributed by atoms with van der Waals surface area (Å²) < 4.78 is 0. The minimum Gasteiger partial charge on any atom is -0.327 e. The topological polar surface area (TPSA) is 75.4 Å². The molecule has 2 amide bonds. The Bertz CT molecular complexity index is 447. The molecule has 1 aliphatic heterocycles.